The summed E-state index contributed by atoms with van der Waals surface area (Å²) in [5.41, 5.74) is 0. The number of hydrogen-bond acceptors (Lipinski definition) is 4. The predicted molar refractivity (Wildman–Crippen MR) is 118 cm³/mol. The van der Waals surface area contributed by atoms with E-state index < -0.39 is 0 Å². The summed E-state index contributed by atoms with van der Waals surface area (Å²) in [4.78, 5) is 0. The van der Waals surface area contributed by atoms with E-state index in [1.807, 2.05) is 0 Å². The summed E-state index contributed by atoms with van der Waals surface area (Å²) in [6.07, 6.45) is 0. The minimum Gasteiger partial charge on any atom is -0.369 e. The van der Waals surface area contributed by atoms with Gasteiger partial charge in [0.15, 0.2) is 0 Å². The van der Waals surface area contributed by atoms with Gasteiger partial charge >= 0.3 is 0 Å². The van der Waals surface area contributed by atoms with Gasteiger partial charge in [-0.15, -0.1) is 50.5 Å². The lowest BCUT2D eigenvalue weighted by Gasteiger charge is -2.03. The summed E-state index contributed by atoms with van der Waals surface area (Å²) in [6, 6.07) is 0. The Morgan fingerprint density at radius 2 is 0.650 bits per heavy atom. The van der Waals surface area contributed by atoms with Crippen molar-refractivity contribution in [1.82, 2.24) is 21.3 Å². The Bertz CT molecular complexity index is 270. The molecule has 0 aliphatic heterocycles. The van der Waals surface area contributed by atoms with Crippen LogP contribution in [0.25, 0.3) is 0 Å². The van der Waals surface area contributed by atoms with Crippen molar-refractivity contribution in [3.05, 3.63) is 0 Å². The summed E-state index contributed by atoms with van der Waals surface area (Å²) in [5.74, 6) is 0. The summed E-state index contributed by atoms with van der Waals surface area (Å²) in [6.45, 7) is 2.85. The highest BCUT2D eigenvalue weighted by molar-refractivity contribution is 8.11. The van der Waals surface area contributed by atoms with Crippen molar-refractivity contribution in [2.24, 2.45) is 0 Å². The first-order valence-corrected chi connectivity index (χ1v) is 8.55. The van der Waals surface area contributed by atoms with Crippen molar-refractivity contribution in [3.63, 3.8) is 0 Å². The van der Waals surface area contributed by atoms with Crippen LogP contribution in [0.15, 0.2) is 0 Å². The normalized spacial score (nSPS) is 8.60. The van der Waals surface area contributed by atoms with E-state index in [9.17, 15) is 0 Å². The Balaban J connectivity index is 0. The molecular weight excluding hydrogens is 409 g/mol. The van der Waals surface area contributed by atoms with Gasteiger partial charge < -0.3 is 21.3 Å². The van der Waals surface area contributed by atoms with Crippen LogP contribution in [0.2, 0.25) is 0 Å². The summed E-state index contributed by atoms with van der Waals surface area (Å²) in [7, 11) is 0. The van der Waals surface area contributed by atoms with Crippen molar-refractivity contribution in [3.8, 4) is 0 Å². The fourth-order valence-corrected chi connectivity index (χ4v) is 1.53. The Hall–Kier alpha value is 0.960. The molecule has 116 valence electrons. The molecule has 0 unspecified atom stereocenters. The van der Waals surface area contributed by atoms with E-state index in [-0.39, 0.29) is 0 Å². The molecule has 20 heavy (non-hydrogen) atoms. The molecule has 0 atom stereocenters. The van der Waals surface area contributed by atoms with E-state index in [0.717, 1.165) is 0 Å². The van der Waals surface area contributed by atoms with Gasteiger partial charge in [-0.3, -0.25) is 0 Å². The predicted octanol–water partition coefficient (Wildman–Crippen LogP) is 1.19. The highest BCUT2D eigenvalue weighted by atomic mass is 32.1. The fourth-order valence-electron chi connectivity index (χ4n) is 0.678. The largest absolute Gasteiger partial charge is 0.369 e. The number of rotatable bonds is 6. The zero-order valence-electron chi connectivity index (χ0n) is 10.3. The molecule has 0 bridgehead atoms. The zero-order valence-corrected chi connectivity index (χ0v) is 17.1. The van der Waals surface area contributed by atoms with Crippen LogP contribution in [0.3, 0.4) is 0 Å². The van der Waals surface area contributed by atoms with Crippen molar-refractivity contribution < 1.29 is 0 Å². The van der Waals surface area contributed by atoms with E-state index in [1.54, 1.807) is 0 Å². The van der Waals surface area contributed by atoms with Gasteiger partial charge in [0.05, 0.1) is 0 Å². The van der Waals surface area contributed by atoms with Crippen LogP contribution in [-0.2, 0) is 0 Å². The molecule has 0 saturated heterocycles. The second-order valence-electron chi connectivity index (χ2n) is 2.93. The third-order valence-electron chi connectivity index (χ3n) is 1.35. The van der Waals surface area contributed by atoms with Crippen LogP contribution in [0, 0.1) is 0 Å². The molecule has 0 aromatic heterocycles. The minimum absolute atomic E-state index is 0.492. The Morgan fingerprint density at radius 1 is 0.500 bits per heavy atom. The molecule has 0 rings (SSSR count). The van der Waals surface area contributed by atoms with Gasteiger partial charge in [-0.05, 0) is 0 Å². The topological polar surface area (TPSA) is 48.1 Å². The highest BCUT2D eigenvalue weighted by Crippen LogP contribution is 1.78. The first-order valence-electron chi connectivity index (χ1n) is 5.13. The lowest BCUT2D eigenvalue weighted by atomic mass is 10.6. The monoisotopic (exact) mass is 424 g/mol. The maximum absolute atomic E-state index is 4.65. The van der Waals surface area contributed by atoms with Gasteiger partial charge in [-0.2, -0.15) is 0 Å². The van der Waals surface area contributed by atoms with E-state index >= 15 is 0 Å². The van der Waals surface area contributed by atoms with Gasteiger partial charge in [-0.1, -0.05) is 48.9 Å². The maximum atomic E-state index is 4.65. The first-order chi connectivity index (χ1) is 9.25. The Morgan fingerprint density at radius 3 is 0.750 bits per heavy atom. The van der Waals surface area contributed by atoms with Gasteiger partial charge in [-0.25, -0.2) is 0 Å². The summed E-state index contributed by atoms with van der Waals surface area (Å²) in [5, 5.41) is 11.4. The fraction of sp³-hybridized carbons (Fsp3) is 0.500. The molecular formula is C8H16N4S8. The van der Waals surface area contributed by atoms with Crippen molar-refractivity contribution in [2.75, 3.05) is 26.2 Å². The molecule has 4 nitrogen and oxygen atoms in total. The van der Waals surface area contributed by atoms with Crippen molar-refractivity contribution in [2.45, 2.75) is 0 Å². The van der Waals surface area contributed by atoms with Crippen LogP contribution in [0.4, 0.5) is 0 Å². The molecule has 0 amide bonds. The third-order valence-corrected chi connectivity index (χ3v) is 2.56. The van der Waals surface area contributed by atoms with Crippen LogP contribution in [0.5, 0.6) is 0 Å². The highest BCUT2D eigenvalue weighted by Gasteiger charge is 1.88. The molecule has 0 aromatic rings. The third kappa shape index (κ3) is 27.3. The van der Waals surface area contributed by atoms with E-state index in [4.69, 9.17) is 0 Å². The van der Waals surface area contributed by atoms with E-state index in [0.29, 0.717) is 43.5 Å². The standard InChI is InChI=1S/2C4H8N2S4/c2*7-3(8)5-1-2-6-4(9)10/h2*1-2H2,(H2,5,7,8)(H2,6,9,10). The lowest BCUT2D eigenvalue weighted by Crippen LogP contribution is -2.29. The first kappa shape index (κ1) is 23.2. The molecule has 0 saturated carbocycles. The number of nitrogens with one attached hydrogen (secondary N) is 4. The molecule has 4 N–H and O–H groups in total. The second-order valence-corrected chi connectivity index (χ2v) is 7.56. The second kappa shape index (κ2) is 16.3. The molecule has 0 radical (unpaired) electrons. The van der Waals surface area contributed by atoms with Crippen LogP contribution in [-0.4, -0.2) is 43.5 Å². The van der Waals surface area contributed by atoms with Crippen LogP contribution < -0.4 is 21.3 Å². The smallest absolute Gasteiger partial charge is 0.130 e. The average molecular weight is 425 g/mol. The van der Waals surface area contributed by atoms with Crippen LogP contribution in [0.1, 0.15) is 0 Å². The number of thiocarbonyl (C=S) groups is 4. The average Bonchev–Trinajstić information content (AvgIpc) is 2.30. The quantitative estimate of drug-likeness (QED) is 0.184. The van der Waals surface area contributed by atoms with Gasteiger partial charge in [0.25, 0.3) is 0 Å². The van der Waals surface area contributed by atoms with Crippen LogP contribution >= 0.6 is 99.4 Å². The molecule has 0 aromatic carbocycles. The van der Waals surface area contributed by atoms with E-state index in [2.05, 4.69) is 121 Å². The Labute approximate surface area is 163 Å². The minimum atomic E-state index is 0.492. The van der Waals surface area contributed by atoms with Crippen molar-refractivity contribution in [1.29, 1.82) is 0 Å². The molecule has 0 aliphatic carbocycles. The van der Waals surface area contributed by atoms with Gasteiger partial charge in [0.2, 0.25) is 0 Å². The molecule has 0 spiro atoms. The summed E-state index contributed by atoms with van der Waals surface area (Å²) >= 11 is 34.0. The van der Waals surface area contributed by atoms with E-state index in [1.165, 1.54) is 0 Å². The molecule has 0 heterocycles. The lowest BCUT2D eigenvalue weighted by molar-refractivity contribution is 0.834. The summed E-state index contributed by atoms with van der Waals surface area (Å²) < 4.78 is 1.97. The molecule has 0 aliphatic rings. The number of hydrogen-bond donors (Lipinski definition) is 8. The van der Waals surface area contributed by atoms with Gasteiger partial charge in [0.1, 0.15) is 17.3 Å². The number of thiol groups is 4. The zero-order chi connectivity index (χ0) is 16.0. The molecule has 12 heteroatoms. The maximum Gasteiger partial charge on any atom is 0.130 e. The molecule has 0 fully saturated rings. The Kier molecular flexibility index (Phi) is 19.0. The van der Waals surface area contributed by atoms with Gasteiger partial charge in [0, 0.05) is 26.2 Å². The van der Waals surface area contributed by atoms with Crippen molar-refractivity contribution >= 4 is 117 Å². The SMILES string of the molecule is S=C(S)NCCNC(=S)S.S=C(S)NCCNC(=S)S.